The number of carboxylic acids is 1. The summed E-state index contributed by atoms with van der Waals surface area (Å²) in [5.41, 5.74) is 0.564. The standard InChI is InChI=1S/C9H9O3.2K/c1-12-8-4-2-3-7(5-8)6-9(10)11;;/h2-6H,1H3,(H,10,11);;/q;;+1/p-1. The van der Waals surface area contributed by atoms with E-state index in [4.69, 9.17) is 4.74 Å². The van der Waals surface area contributed by atoms with Crippen molar-refractivity contribution in [2.75, 3.05) is 7.11 Å². The molecule has 0 bridgehead atoms. The third-order valence-corrected chi connectivity index (χ3v) is 1.38. The van der Waals surface area contributed by atoms with Gasteiger partial charge in [0.2, 0.25) is 0 Å². The van der Waals surface area contributed by atoms with E-state index in [-0.39, 0.29) is 103 Å². The van der Waals surface area contributed by atoms with Gasteiger partial charge in [-0.05, 0) is 17.7 Å². The molecule has 0 saturated carbocycles. The van der Waals surface area contributed by atoms with E-state index in [1.807, 2.05) is 0 Å². The van der Waals surface area contributed by atoms with Crippen LogP contribution in [0.25, 0.3) is 0 Å². The van der Waals surface area contributed by atoms with Crippen LogP contribution in [0.1, 0.15) is 5.56 Å². The molecule has 0 saturated heterocycles. The zero-order valence-electron chi connectivity index (χ0n) is 8.61. The number of aliphatic carboxylic acids is 1. The average Bonchev–Trinajstić information content (AvgIpc) is 2.03. The van der Waals surface area contributed by atoms with Crippen molar-refractivity contribution in [1.82, 2.24) is 0 Å². The Labute approximate surface area is 168 Å². The molecule has 0 N–H and O–H groups in total. The number of rotatable bonds is 3. The molecule has 14 heavy (non-hydrogen) atoms. The van der Waals surface area contributed by atoms with E-state index in [9.17, 15) is 9.90 Å². The van der Waals surface area contributed by atoms with Crippen molar-refractivity contribution >= 4 is 57.4 Å². The van der Waals surface area contributed by atoms with Crippen LogP contribution in [0.4, 0.5) is 0 Å². The van der Waals surface area contributed by atoms with Crippen molar-refractivity contribution in [3.63, 3.8) is 0 Å². The molecule has 1 aromatic rings. The van der Waals surface area contributed by atoms with E-state index >= 15 is 0 Å². The number of hydrogen-bond acceptors (Lipinski definition) is 3. The van der Waals surface area contributed by atoms with Crippen LogP contribution in [-0.4, -0.2) is 64.5 Å². The quantitative estimate of drug-likeness (QED) is 0.520. The predicted octanol–water partition coefficient (Wildman–Crippen LogP) is -3.38. The maximum Gasteiger partial charge on any atom is 1.00 e. The first-order chi connectivity index (χ1) is 5.72. The van der Waals surface area contributed by atoms with Crippen molar-refractivity contribution < 1.29 is 66.0 Å². The number of methoxy groups -OCH3 is 1. The Balaban J connectivity index is 0. The van der Waals surface area contributed by atoms with Gasteiger partial charge in [0.05, 0.1) is 7.11 Å². The summed E-state index contributed by atoms with van der Waals surface area (Å²) in [6, 6.07) is 6.74. The minimum absolute atomic E-state index is 0. The van der Waals surface area contributed by atoms with Crippen LogP contribution in [0.15, 0.2) is 24.3 Å². The van der Waals surface area contributed by atoms with Gasteiger partial charge < -0.3 is 14.6 Å². The van der Waals surface area contributed by atoms with Crippen molar-refractivity contribution in [1.29, 1.82) is 0 Å². The number of carbonyl (C=O) groups is 1. The molecular weight excluding hydrogens is 234 g/mol. The number of ether oxygens (including phenoxy) is 1. The SMILES string of the molecule is COc1cccc([CH]C(=O)[O-])c1.[K+].[K]. The van der Waals surface area contributed by atoms with Gasteiger partial charge in [-0.3, -0.25) is 0 Å². The third-order valence-electron chi connectivity index (χ3n) is 1.38. The van der Waals surface area contributed by atoms with Crippen molar-refractivity contribution in [2.24, 2.45) is 0 Å². The van der Waals surface area contributed by atoms with Crippen molar-refractivity contribution in [3.8, 4) is 5.75 Å². The van der Waals surface area contributed by atoms with E-state index in [1.165, 1.54) is 7.11 Å². The smallest absolute Gasteiger partial charge is 0.549 e. The average molecular weight is 242 g/mol. The molecule has 0 aliphatic heterocycles. The minimum Gasteiger partial charge on any atom is -0.549 e. The first-order valence-corrected chi connectivity index (χ1v) is 3.42. The molecule has 0 aromatic heterocycles. The van der Waals surface area contributed by atoms with Gasteiger partial charge in [-0.2, -0.15) is 0 Å². The van der Waals surface area contributed by atoms with E-state index < -0.39 is 5.97 Å². The maximum atomic E-state index is 10.2. The Hall–Kier alpha value is 1.76. The first-order valence-electron chi connectivity index (χ1n) is 3.42. The summed E-state index contributed by atoms with van der Waals surface area (Å²) >= 11 is 0. The monoisotopic (exact) mass is 242 g/mol. The van der Waals surface area contributed by atoms with Gasteiger partial charge in [-0.15, -0.1) is 0 Å². The summed E-state index contributed by atoms with van der Waals surface area (Å²) < 4.78 is 4.90. The van der Waals surface area contributed by atoms with Gasteiger partial charge in [0.15, 0.2) is 0 Å². The second kappa shape index (κ2) is 9.95. The summed E-state index contributed by atoms with van der Waals surface area (Å²) in [6.07, 6.45) is 1.02. The Morgan fingerprint density at radius 2 is 2.14 bits per heavy atom. The Morgan fingerprint density at radius 1 is 1.50 bits per heavy atom. The molecule has 0 aliphatic carbocycles. The maximum absolute atomic E-state index is 10.2. The van der Waals surface area contributed by atoms with Gasteiger partial charge in [0.1, 0.15) is 5.75 Å². The molecule has 0 unspecified atom stereocenters. The third kappa shape index (κ3) is 7.11. The second-order valence-corrected chi connectivity index (χ2v) is 2.24. The molecule has 3 nitrogen and oxygen atoms in total. The van der Waals surface area contributed by atoms with Gasteiger partial charge >= 0.3 is 51.4 Å². The molecule has 0 amide bonds. The van der Waals surface area contributed by atoms with Gasteiger partial charge in [0.25, 0.3) is 0 Å². The van der Waals surface area contributed by atoms with Crippen LogP contribution < -0.4 is 61.2 Å². The van der Waals surface area contributed by atoms with E-state index in [0.29, 0.717) is 11.3 Å². The molecule has 64 valence electrons. The predicted molar refractivity (Wildman–Crippen MR) is 47.2 cm³/mol. The Kier molecular flexibility index (Phi) is 12.9. The van der Waals surface area contributed by atoms with Crippen LogP contribution in [0.5, 0.6) is 5.75 Å². The van der Waals surface area contributed by atoms with Crippen molar-refractivity contribution in [2.45, 2.75) is 0 Å². The molecule has 0 spiro atoms. The second-order valence-electron chi connectivity index (χ2n) is 2.24. The van der Waals surface area contributed by atoms with E-state index in [1.54, 1.807) is 24.3 Å². The molecule has 2 radical (unpaired) electrons. The summed E-state index contributed by atoms with van der Waals surface area (Å²) in [4.78, 5) is 10.2. The first kappa shape index (κ1) is 18.1. The fraction of sp³-hybridized carbons (Fsp3) is 0.111. The fourth-order valence-corrected chi connectivity index (χ4v) is 0.867. The van der Waals surface area contributed by atoms with E-state index in [0.717, 1.165) is 6.42 Å². The number of carboxylic acid groups (broad SMARTS) is 1. The van der Waals surface area contributed by atoms with Gasteiger partial charge in [-0.25, -0.2) is 0 Å². The molecule has 5 heteroatoms. The van der Waals surface area contributed by atoms with Crippen LogP contribution in [-0.2, 0) is 4.79 Å². The number of hydrogen-bond donors (Lipinski definition) is 0. The number of carbonyl (C=O) groups excluding carboxylic acids is 1. The Bertz CT molecular complexity index is 289. The summed E-state index contributed by atoms with van der Waals surface area (Å²) in [5.74, 6) is -0.576. The van der Waals surface area contributed by atoms with Crippen molar-refractivity contribution in [3.05, 3.63) is 36.2 Å². The summed E-state index contributed by atoms with van der Waals surface area (Å²) in [5, 5.41) is 10.2. The molecular formula is C9H8K2O3. The topological polar surface area (TPSA) is 49.4 Å². The molecule has 0 fully saturated rings. The summed E-state index contributed by atoms with van der Waals surface area (Å²) in [6.45, 7) is 0. The van der Waals surface area contributed by atoms with E-state index in [2.05, 4.69) is 0 Å². The van der Waals surface area contributed by atoms with Crippen LogP contribution in [0, 0.1) is 6.42 Å². The number of benzene rings is 1. The molecule has 1 rings (SSSR count). The van der Waals surface area contributed by atoms with Gasteiger partial charge in [0, 0.05) is 63.8 Å². The Morgan fingerprint density at radius 3 is 2.64 bits per heavy atom. The molecule has 0 aliphatic rings. The minimum atomic E-state index is -1.21. The van der Waals surface area contributed by atoms with Crippen LogP contribution in [0.3, 0.4) is 0 Å². The summed E-state index contributed by atoms with van der Waals surface area (Å²) in [7, 11) is 1.53. The zero-order chi connectivity index (χ0) is 8.97. The molecule has 0 atom stereocenters. The zero-order valence-corrected chi connectivity index (χ0v) is 14.9. The van der Waals surface area contributed by atoms with Crippen LogP contribution >= 0.6 is 0 Å². The van der Waals surface area contributed by atoms with Crippen LogP contribution in [0.2, 0.25) is 0 Å². The molecule has 0 heterocycles. The molecule has 1 aromatic carbocycles. The van der Waals surface area contributed by atoms with Gasteiger partial charge in [-0.1, -0.05) is 12.1 Å². The largest absolute Gasteiger partial charge is 1.00 e. The normalized spacial score (nSPS) is 8.07. The fourth-order valence-electron chi connectivity index (χ4n) is 0.867.